The Morgan fingerprint density at radius 2 is 2.20 bits per heavy atom. The van der Waals surface area contributed by atoms with Crippen molar-refractivity contribution in [1.29, 1.82) is 0 Å². The molecule has 0 unspecified atom stereocenters. The summed E-state index contributed by atoms with van der Waals surface area (Å²) >= 11 is 3.18. The molecule has 0 spiro atoms. The van der Waals surface area contributed by atoms with Crippen molar-refractivity contribution in [2.75, 3.05) is 12.3 Å². The largest absolute Gasteiger partial charge is 0.396 e. The molecular formula is C15H18BrFN2O. The van der Waals surface area contributed by atoms with Crippen molar-refractivity contribution in [3.63, 3.8) is 0 Å². The molecule has 1 aliphatic rings. The molecule has 20 heavy (non-hydrogen) atoms. The summed E-state index contributed by atoms with van der Waals surface area (Å²) < 4.78 is 13.6. The van der Waals surface area contributed by atoms with Gasteiger partial charge in [-0.25, -0.2) is 4.39 Å². The average Bonchev–Trinajstić information content (AvgIpc) is 2.44. The van der Waals surface area contributed by atoms with Gasteiger partial charge in [0, 0.05) is 11.0 Å². The van der Waals surface area contributed by atoms with Crippen LogP contribution in [0.3, 0.4) is 0 Å². The second-order valence-corrected chi connectivity index (χ2v) is 5.82. The van der Waals surface area contributed by atoms with Crippen molar-refractivity contribution in [3.05, 3.63) is 39.6 Å². The Hall–Kier alpha value is -1.36. The van der Waals surface area contributed by atoms with Gasteiger partial charge >= 0.3 is 0 Å². The summed E-state index contributed by atoms with van der Waals surface area (Å²) in [7, 11) is 0. The molecule has 0 atom stereocenters. The van der Waals surface area contributed by atoms with Gasteiger partial charge in [-0.05, 0) is 60.2 Å². The molecule has 3 N–H and O–H groups in total. The Morgan fingerprint density at radius 1 is 1.40 bits per heavy atom. The van der Waals surface area contributed by atoms with Crippen LogP contribution in [0, 0.1) is 5.82 Å². The lowest BCUT2D eigenvalue weighted by molar-refractivity contribution is 0.0953. The van der Waals surface area contributed by atoms with Gasteiger partial charge in [-0.2, -0.15) is 0 Å². The van der Waals surface area contributed by atoms with E-state index in [1.165, 1.54) is 30.5 Å². The molecule has 0 aromatic heterocycles. The van der Waals surface area contributed by atoms with E-state index in [0.717, 1.165) is 19.3 Å². The van der Waals surface area contributed by atoms with Gasteiger partial charge in [-0.15, -0.1) is 0 Å². The van der Waals surface area contributed by atoms with Crippen molar-refractivity contribution in [3.8, 4) is 0 Å². The monoisotopic (exact) mass is 340 g/mol. The van der Waals surface area contributed by atoms with Gasteiger partial charge in [0.05, 0.1) is 11.3 Å². The van der Waals surface area contributed by atoms with Crippen LogP contribution in [-0.4, -0.2) is 12.5 Å². The summed E-state index contributed by atoms with van der Waals surface area (Å²) in [5, 5.41) is 2.85. The molecule has 5 heteroatoms. The average molecular weight is 341 g/mol. The lowest BCUT2D eigenvalue weighted by atomic mass is 9.97. The molecule has 3 nitrogen and oxygen atoms in total. The first-order valence-electron chi connectivity index (χ1n) is 6.78. The third-order valence-electron chi connectivity index (χ3n) is 3.45. The minimum atomic E-state index is -0.527. The topological polar surface area (TPSA) is 55.1 Å². The second kappa shape index (κ2) is 6.88. The predicted octanol–water partition coefficient (Wildman–Crippen LogP) is 3.79. The highest BCUT2D eigenvalue weighted by Crippen LogP contribution is 2.23. The molecule has 0 bridgehead atoms. The molecule has 0 fully saturated rings. The molecular weight excluding hydrogens is 323 g/mol. The van der Waals surface area contributed by atoms with Crippen LogP contribution < -0.4 is 11.1 Å². The van der Waals surface area contributed by atoms with E-state index in [0.29, 0.717) is 16.6 Å². The fourth-order valence-corrected chi connectivity index (χ4v) is 2.80. The Bertz CT molecular complexity index is 543. The van der Waals surface area contributed by atoms with Crippen molar-refractivity contribution in [2.24, 2.45) is 0 Å². The molecule has 1 amide bonds. The van der Waals surface area contributed by atoms with E-state index < -0.39 is 5.82 Å². The molecule has 0 saturated heterocycles. The van der Waals surface area contributed by atoms with E-state index in [-0.39, 0.29) is 11.6 Å². The minimum absolute atomic E-state index is 0.0201. The van der Waals surface area contributed by atoms with E-state index in [1.54, 1.807) is 0 Å². The van der Waals surface area contributed by atoms with Crippen molar-refractivity contribution < 1.29 is 9.18 Å². The van der Waals surface area contributed by atoms with Gasteiger partial charge in [0.15, 0.2) is 0 Å². The predicted molar refractivity (Wildman–Crippen MR) is 82.0 cm³/mol. The Morgan fingerprint density at radius 3 is 2.90 bits per heavy atom. The third-order valence-corrected chi connectivity index (χ3v) is 4.10. The molecule has 0 saturated carbocycles. The lowest BCUT2D eigenvalue weighted by Gasteiger charge is -2.13. The molecule has 0 aliphatic heterocycles. The summed E-state index contributed by atoms with van der Waals surface area (Å²) in [4.78, 5) is 12.0. The van der Waals surface area contributed by atoms with Crippen LogP contribution in [0.5, 0.6) is 0 Å². The number of nitrogens with one attached hydrogen (secondary N) is 1. The van der Waals surface area contributed by atoms with Crippen molar-refractivity contribution in [1.82, 2.24) is 5.32 Å². The Labute approximate surface area is 126 Å². The third kappa shape index (κ3) is 3.82. The Balaban J connectivity index is 1.92. The van der Waals surface area contributed by atoms with Gasteiger partial charge in [0.1, 0.15) is 5.82 Å². The number of carbonyl (C=O) groups is 1. The number of allylic oxidation sites excluding steroid dienone is 1. The molecule has 1 aliphatic carbocycles. The maximum absolute atomic E-state index is 13.2. The summed E-state index contributed by atoms with van der Waals surface area (Å²) in [6, 6.07) is 2.57. The summed E-state index contributed by atoms with van der Waals surface area (Å²) in [6.45, 7) is 0.592. The zero-order valence-corrected chi connectivity index (χ0v) is 12.8. The number of nitrogen functional groups attached to an aromatic ring is 1. The number of nitrogens with two attached hydrogens (primary N) is 1. The van der Waals surface area contributed by atoms with Gasteiger partial charge in [-0.3, -0.25) is 4.79 Å². The summed E-state index contributed by atoms with van der Waals surface area (Å²) in [5.41, 5.74) is 7.24. The zero-order valence-electron chi connectivity index (χ0n) is 11.2. The summed E-state index contributed by atoms with van der Waals surface area (Å²) in [5.74, 6) is -0.763. The number of rotatable bonds is 4. The normalized spacial score (nSPS) is 14.8. The van der Waals surface area contributed by atoms with Gasteiger partial charge < -0.3 is 11.1 Å². The standard InChI is InChI=1S/C15H18BrFN2O/c16-12-9-13(17)14(18)8-11(12)15(20)19-7-6-10-4-2-1-3-5-10/h4,8-9H,1-3,5-7,18H2,(H,19,20). The number of carbonyl (C=O) groups excluding carboxylic acids is 1. The first-order valence-corrected chi connectivity index (χ1v) is 7.58. The van der Waals surface area contributed by atoms with Crippen LogP contribution in [0.2, 0.25) is 0 Å². The van der Waals surface area contributed by atoms with Crippen molar-refractivity contribution >= 4 is 27.5 Å². The number of benzene rings is 1. The quantitative estimate of drug-likeness (QED) is 0.647. The van der Waals surface area contributed by atoms with Crippen LogP contribution >= 0.6 is 15.9 Å². The van der Waals surface area contributed by atoms with Crippen LogP contribution in [0.15, 0.2) is 28.3 Å². The van der Waals surface area contributed by atoms with Gasteiger partial charge in [0.2, 0.25) is 0 Å². The smallest absolute Gasteiger partial charge is 0.252 e. The number of amides is 1. The number of hydrogen-bond donors (Lipinski definition) is 2. The molecule has 0 heterocycles. The van der Waals surface area contributed by atoms with E-state index in [2.05, 4.69) is 27.3 Å². The maximum Gasteiger partial charge on any atom is 0.252 e. The minimum Gasteiger partial charge on any atom is -0.396 e. The molecule has 1 aromatic carbocycles. The lowest BCUT2D eigenvalue weighted by Crippen LogP contribution is -2.25. The van der Waals surface area contributed by atoms with E-state index in [1.807, 2.05) is 0 Å². The van der Waals surface area contributed by atoms with Crippen LogP contribution in [-0.2, 0) is 0 Å². The number of halogens is 2. The SMILES string of the molecule is Nc1cc(C(=O)NCCC2=CCCCC2)c(Br)cc1F. The Kier molecular flexibility index (Phi) is 5.17. The first-order chi connectivity index (χ1) is 9.58. The van der Waals surface area contributed by atoms with Gasteiger partial charge in [-0.1, -0.05) is 11.6 Å². The van der Waals surface area contributed by atoms with Crippen LogP contribution in [0.4, 0.5) is 10.1 Å². The van der Waals surface area contributed by atoms with E-state index >= 15 is 0 Å². The number of anilines is 1. The van der Waals surface area contributed by atoms with Crippen LogP contribution in [0.25, 0.3) is 0 Å². The van der Waals surface area contributed by atoms with E-state index in [4.69, 9.17) is 5.73 Å². The van der Waals surface area contributed by atoms with Gasteiger partial charge in [0.25, 0.3) is 5.91 Å². The highest BCUT2D eigenvalue weighted by Gasteiger charge is 2.13. The highest BCUT2D eigenvalue weighted by molar-refractivity contribution is 9.10. The highest BCUT2D eigenvalue weighted by atomic mass is 79.9. The summed E-state index contributed by atoms with van der Waals surface area (Å²) in [6.07, 6.45) is 7.91. The zero-order chi connectivity index (χ0) is 14.5. The fraction of sp³-hybridized carbons (Fsp3) is 0.400. The molecule has 108 valence electrons. The van der Waals surface area contributed by atoms with Crippen LogP contribution in [0.1, 0.15) is 42.5 Å². The molecule has 0 radical (unpaired) electrons. The molecule has 1 aromatic rings. The maximum atomic E-state index is 13.2. The molecule has 2 rings (SSSR count). The van der Waals surface area contributed by atoms with Crippen molar-refractivity contribution in [2.45, 2.75) is 32.1 Å². The second-order valence-electron chi connectivity index (χ2n) is 4.97. The van der Waals surface area contributed by atoms with E-state index in [9.17, 15) is 9.18 Å². The number of hydrogen-bond acceptors (Lipinski definition) is 2. The fourth-order valence-electron chi connectivity index (χ4n) is 2.30. The first kappa shape index (κ1) is 15.0.